The van der Waals surface area contributed by atoms with E-state index < -0.39 is 0 Å². The molecule has 116 valence electrons. The normalized spacial score (nSPS) is 25.4. The van der Waals surface area contributed by atoms with Gasteiger partial charge in [-0.1, -0.05) is 19.9 Å². The molecule has 21 heavy (non-hydrogen) atoms. The van der Waals surface area contributed by atoms with Crippen LogP contribution in [0, 0.1) is 11.8 Å². The average molecular weight is 291 g/mol. The molecular weight excluding hydrogens is 266 g/mol. The lowest BCUT2D eigenvalue weighted by Gasteiger charge is -2.31. The summed E-state index contributed by atoms with van der Waals surface area (Å²) in [4.78, 5) is 12.4. The first-order valence-electron chi connectivity index (χ1n) is 7.75. The Kier molecular flexibility index (Phi) is 5.10. The minimum atomic E-state index is -0.372. The maximum Gasteiger partial charge on any atom is 0.344 e. The molecule has 2 rings (SSSR count). The molecule has 0 aromatic heterocycles. The summed E-state index contributed by atoms with van der Waals surface area (Å²) in [5.41, 5.74) is 6.68. The first kappa shape index (κ1) is 15.7. The van der Waals surface area contributed by atoms with Gasteiger partial charge >= 0.3 is 5.97 Å². The van der Waals surface area contributed by atoms with Gasteiger partial charge in [-0.05, 0) is 50.2 Å². The van der Waals surface area contributed by atoms with Crippen LogP contribution in [0.4, 0.5) is 5.69 Å². The largest absolute Gasteiger partial charge is 0.493 e. The fraction of sp³-hybridized carbons (Fsp3) is 0.588. The number of ether oxygens (including phenoxy) is 2. The predicted molar refractivity (Wildman–Crippen MR) is 83.4 cm³/mol. The van der Waals surface area contributed by atoms with Crippen LogP contribution in [0.1, 0.15) is 50.4 Å². The van der Waals surface area contributed by atoms with E-state index in [0.717, 1.165) is 19.3 Å². The number of nitrogen functional groups attached to an aromatic ring is 1. The topological polar surface area (TPSA) is 61.5 Å². The van der Waals surface area contributed by atoms with E-state index in [1.807, 2.05) is 6.92 Å². The highest BCUT2D eigenvalue weighted by atomic mass is 16.5. The molecule has 2 N–H and O–H groups in total. The van der Waals surface area contributed by atoms with Gasteiger partial charge in [0.25, 0.3) is 0 Å². The van der Waals surface area contributed by atoms with Gasteiger partial charge in [-0.25, -0.2) is 4.79 Å². The zero-order valence-corrected chi connectivity index (χ0v) is 13.1. The fourth-order valence-electron chi connectivity index (χ4n) is 2.86. The van der Waals surface area contributed by atoms with Gasteiger partial charge in [-0.2, -0.15) is 0 Å². The Bertz CT molecular complexity index is 501. The first-order valence-corrected chi connectivity index (χ1v) is 7.75. The van der Waals surface area contributed by atoms with E-state index in [0.29, 0.717) is 35.4 Å². The molecule has 1 aromatic rings. The molecule has 0 amide bonds. The summed E-state index contributed by atoms with van der Waals surface area (Å²) in [6.45, 7) is 6.84. The van der Waals surface area contributed by atoms with Crippen LogP contribution in [-0.4, -0.2) is 18.7 Å². The van der Waals surface area contributed by atoms with Gasteiger partial charge in [-0.15, -0.1) is 0 Å². The van der Waals surface area contributed by atoms with Gasteiger partial charge in [0, 0.05) is 5.69 Å². The van der Waals surface area contributed by atoms with E-state index in [4.69, 9.17) is 15.2 Å². The zero-order chi connectivity index (χ0) is 15.4. The Morgan fingerprint density at radius 3 is 2.71 bits per heavy atom. The van der Waals surface area contributed by atoms with Crippen LogP contribution in [0.25, 0.3) is 0 Å². The number of benzene rings is 1. The minimum absolute atomic E-state index is 0.0159. The molecule has 0 spiro atoms. The molecule has 0 bridgehead atoms. The summed E-state index contributed by atoms with van der Waals surface area (Å²) in [6, 6.07) is 5.23. The zero-order valence-electron chi connectivity index (χ0n) is 13.1. The molecule has 1 aliphatic carbocycles. The third-order valence-corrected chi connectivity index (χ3v) is 4.39. The number of carbonyl (C=O) groups excluding carboxylic acids is 1. The van der Waals surface area contributed by atoms with E-state index in [1.54, 1.807) is 18.2 Å². The molecule has 4 nitrogen and oxygen atoms in total. The number of hydrogen-bond donors (Lipinski definition) is 1. The number of esters is 1. The summed E-state index contributed by atoms with van der Waals surface area (Å²) in [6.07, 6.45) is 2.93. The van der Waals surface area contributed by atoms with Gasteiger partial charge in [-0.3, -0.25) is 0 Å². The number of carbonyl (C=O) groups is 1. The van der Waals surface area contributed by atoms with E-state index in [9.17, 15) is 4.79 Å². The lowest BCUT2D eigenvalue weighted by molar-refractivity contribution is 0.00858. The van der Waals surface area contributed by atoms with Gasteiger partial charge in [0.1, 0.15) is 17.4 Å². The standard InChI is InChI=1S/C17H25NO3/c1-4-20-15-7-5-6-14(18)16(15)17(19)21-13-9-8-11(2)12(3)10-13/h5-7,11-13H,4,8-10,18H2,1-3H3. The van der Waals surface area contributed by atoms with E-state index in [-0.39, 0.29) is 12.1 Å². The number of anilines is 1. The van der Waals surface area contributed by atoms with Crippen LogP contribution in [0.5, 0.6) is 5.75 Å². The van der Waals surface area contributed by atoms with Crippen molar-refractivity contribution in [2.24, 2.45) is 11.8 Å². The Hall–Kier alpha value is -1.71. The van der Waals surface area contributed by atoms with Crippen LogP contribution < -0.4 is 10.5 Å². The quantitative estimate of drug-likeness (QED) is 0.679. The highest BCUT2D eigenvalue weighted by molar-refractivity contribution is 5.98. The van der Waals surface area contributed by atoms with Gasteiger partial charge in [0.05, 0.1) is 6.61 Å². The van der Waals surface area contributed by atoms with Crippen molar-refractivity contribution in [2.75, 3.05) is 12.3 Å². The molecule has 4 heteroatoms. The first-order chi connectivity index (χ1) is 10.0. The molecule has 1 aromatic carbocycles. The van der Waals surface area contributed by atoms with Crippen LogP contribution >= 0.6 is 0 Å². The van der Waals surface area contributed by atoms with Crippen molar-refractivity contribution in [2.45, 2.75) is 46.1 Å². The second-order valence-corrected chi connectivity index (χ2v) is 5.95. The van der Waals surface area contributed by atoms with Gasteiger partial charge < -0.3 is 15.2 Å². The third kappa shape index (κ3) is 3.69. The molecule has 3 atom stereocenters. The summed E-state index contributed by atoms with van der Waals surface area (Å²) in [5, 5.41) is 0. The van der Waals surface area contributed by atoms with Crippen LogP contribution in [0.3, 0.4) is 0 Å². The Morgan fingerprint density at radius 1 is 1.29 bits per heavy atom. The van der Waals surface area contributed by atoms with Crippen molar-refractivity contribution >= 4 is 11.7 Å². The fourth-order valence-corrected chi connectivity index (χ4v) is 2.86. The van der Waals surface area contributed by atoms with Crippen molar-refractivity contribution in [1.82, 2.24) is 0 Å². The Morgan fingerprint density at radius 2 is 2.05 bits per heavy atom. The lowest BCUT2D eigenvalue weighted by atomic mass is 9.80. The molecule has 0 saturated heterocycles. The summed E-state index contributed by atoms with van der Waals surface area (Å²) < 4.78 is 11.2. The molecular formula is C17H25NO3. The van der Waals surface area contributed by atoms with Crippen molar-refractivity contribution in [3.63, 3.8) is 0 Å². The van der Waals surface area contributed by atoms with Crippen LogP contribution in [0.2, 0.25) is 0 Å². The SMILES string of the molecule is CCOc1cccc(N)c1C(=O)OC1CCC(C)C(C)C1. The average Bonchev–Trinajstić information content (AvgIpc) is 2.43. The van der Waals surface area contributed by atoms with Gasteiger partial charge in [0.2, 0.25) is 0 Å². The third-order valence-electron chi connectivity index (χ3n) is 4.39. The maximum absolute atomic E-state index is 12.4. The summed E-state index contributed by atoms with van der Waals surface area (Å²) in [7, 11) is 0. The molecule has 1 aliphatic rings. The molecule has 1 fully saturated rings. The predicted octanol–water partition coefficient (Wildman–Crippen LogP) is 3.65. The van der Waals surface area contributed by atoms with Gasteiger partial charge in [0.15, 0.2) is 0 Å². The van der Waals surface area contributed by atoms with Crippen molar-refractivity contribution in [1.29, 1.82) is 0 Å². The smallest absolute Gasteiger partial charge is 0.344 e. The Labute approximate surface area is 126 Å². The van der Waals surface area contributed by atoms with E-state index >= 15 is 0 Å². The summed E-state index contributed by atoms with van der Waals surface area (Å²) in [5.74, 6) is 1.40. The maximum atomic E-state index is 12.4. The molecule has 0 heterocycles. The lowest BCUT2D eigenvalue weighted by Crippen LogP contribution is -2.29. The van der Waals surface area contributed by atoms with Crippen molar-refractivity contribution < 1.29 is 14.3 Å². The second-order valence-electron chi connectivity index (χ2n) is 5.95. The monoisotopic (exact) mass is 291 g/mol. The van der Waals surface area contributed by atoms with E-state index in [2.05, 4.69) is 13.8 Å². The second kappa shape index (κ2) is 6.83. The highest BCUT2D eigenvalue weighted by Crippen LogP contribution is 2.33. The number of rotatable bonds is 4. The summed E-state index contributed by atoms with van der Waals surface area (Å²) >= 11 is 0. The molecule has 0 aliphatic heterocycles. The van der Waals surface area contributed by atoms with Crippen LogP contribution in [0.15, 0.2) is 18.2 Å². The van der Waals surface area contributed by atoms with Crippen molar-refractivity contribution in [3.05, 3.63) is 23.8 Å². The minimum Gasteiger partial charge on any atom is -0.493 e. The Balaban J connectivity index is 2.10. The van der Waals surface area contributed by atoms with Crippen LogP contribution in [-0.2, 0) is 4.74 Å². The molecule has 1 saturated carbocycles. The number of nitrogens with two attached hydrogens (primary N) is 1. The van der Waals surface area contributed by atoms with E-state index in [1.165, 1.54) is 0 Å². The molecule has 0 radical (unpaired) electrons. The molecule has 3 unspecified atom stereocenters. The highest BCUT2D eigenvalue weighted by Gasteiger charge is 2.28. The van der Waals surface area contributed by atoms with Crippen molar-refractivity contribution in [3.8, 4) is 5.75 Å². The number of hydrogen-bond acceptors (Lipinski definition) is 4.